The van der Waals surface area contributed by atoms with Crippen LogP contribution in [-0.2, 0) is 4.74 Å². The predicted octanol–water partition coefficient (Wildman–Crippen LogP) is 0.637. The van der Waals surface area contributed by atoms with Crippen molar-refractivity contribution in [1.82, 2.24) is 15.1 Å². The Balaban J connectivity index is 1.79. The fourth-order valence-corrected chi connectivity index (χ4v) is 2.92. The Morgan fingerprint density at radius 2 is 1.94 bits per heavy atom. The van der Waals surface area contributed by atoms with Crippen LogP contribution >= 0.6 is 0 Å². The second-order valence-electron chi connectivity index (χ2n) is 6.12. The Morgan fingerprint density at radius 1 is 1.22 bits per heavy atom. The molecule has 0 saturated carbocycles. The van der Waals surface area contributed by atoms with E-state index in [0.717, 1.165) is 19.8 Å². The molecule has 2 atom stereocenters. The van der Waals surface area contributed by atoms with Gasteiger partial charge in [0, 0.05) is 51.4 Å². The molecule has 0 spiro atoms. The van der Waals surface area contributed by atoms with E-state index in [1.54, 1.807) is 0 Å². The monoisotopic (exact) mass is 255 g/mol. The van der Waals surface area contributed by atoms with Crippen LogP contribution in [0.2, 0.25) is 0 Å². The average molecular weight is 255 g/mol. The molecule has 2 saturated heterocycles. The summed E-state index contributed by atoms with van der Waals surface area (Å²) in [7, 11) is 2.22. The van der Waals surface area contributed by atoms with Crippen molar-refractivity contribution >= 4 is 0 Å². The first kappa shape index (κ1) is 14.3. The molecule has 2 aliphatic heterocycles. The molecule has 4 heteroatoms. The fourth-order valence-electron chi connectivity index (χ4n) is 2.92. The third-order valence-electron chi connectivity index (χ3n) is 4.32. The Kier molecular flexibility index (Phi) is 5.42. The van der Waals surface area contributed by atoms with Crippen molar-refractivity contribution in [3.8, 4) is 0 Å². The summed E-state index contributed by atoms with van der Waals surface area (Å²) in [6.45, 7) is 12.4. The van der Waals surface area contributed by atoms with E-state index < -0.39 is 0 Å². The molecule has 0 aromatic rings. The molecular formula is C14H29N3O. The molecule has 1 N–H and O–H groups in total. The molecule has 0 amide bonds. The first-order valence-electron chi connectivity index (χ1n) is 7.40. The van der Waals surface area contributed by atoms with Crippen LogP contribution in [0.5, 0.6) is 0 Å². The maximum Gasteiger partial charge on any atom is 0.0620 e. The molecule has 0 aliphatic carbocycles. The quantitative estimate of drug-likeness (QED) is 0.780. The first-order valence-corrected chi connectivity index (χ1v) is 7.40. The van der Waals surface area contributed by atoms with Crippen molar-refractivity contribution in [3.05, 3.63) is 0 Å². The minimum Gasteiger partial charge on any atom is -0.380 e. The second-order valence-corrected chi connectivity index (χ2v) is 6.12. The van der Waals surface area contributed by atoms with Crippen LogP contribution in [-0.4, -0.2) is 74.9 Å². The van der Waals surface area contributed by atoms with Gasteiger partial charge in [-0.05, 0) is 19.4 Å². The molecule has 2 rings (SSSR count). The van der Waals surface area contributed by atoms with Crippen molar-refractivity contribution in [2.75, 3.05) is 53.0 Å². The molecule has 0 aromatic carbocycles. The van der Waals surface area contributed by atoms with E-state index in [4.69, 9.17) is 4.74 Å². The molecule has 4 nitrogen and oxygen atoms in total. The zero-order chi connectivity index (χ0) is 13.0. The second kappa shape index (κ2) is 6.85. The van der Waals surface area contributed by atoms with Crippen LogP contribution < -0.4 is 5.32 Å². The fraction of sp³-hybridized carbons (Fsp3) is 1.00. The minimum atomic E-state index is 0.582. The van der Waals surface area contributed by atoms with Gasteiger partial charge >= 0.3 is 0 Å². The number of rotatable bonds is 5. The van der Waals surface area contributed by atoms with Crippen molar-refractivity contribution in [2.45, 2.75) is 32.4 Å². The maximum atomic E-state index is 5.43. The lowest BCUT2D eigenvalue weighted by molar-refractivity contribution is 0.0854. The molecule has 0 bridgehead atoms. The Labute approximate surface area is 112 Å². The highest BCUT2D eigenvalue weighted by Crippen LogP contribution is 2.14. The lowest BCUT2D eigenvalue weighted by Gasteiger charge is -2.40. The van der Waals surface area contributed by atoms with Gasteiger partial charge in [-0.1, -0.05) is 13.8 Å². The van der Waals surface area contributed by atoms with E-state index in [1.165, 1.54) is 32.6 Å². The Bertz CT molecular complexity index is 233. The molecule has 2 heterocycles. The summed E-state index contributed by atoms with van der Waals surface area (Å²) in [6, 6.07) is 1.25. The van der Waals surface area contributed by atoms with Gasteiger partial charge in [0.2, 0.25) is 0 Å². The van der Waals surface area contributed by atoms with E-state index in [1.807, 2.05) is 0 Å². The van der Waals surface area contributed by atoms with Crippen molar-refractivity contribution in [1.29, 1.82) is 0 Å². The van der Waals surface area contributed by atoms with Crippen molar-refractivity contribution in [2.24, 2.45) is 5.92 Å². The number of likely N-dealkylation sites (N-methyl/N-ethyl adjacent to an activating group) is 1. The predicted molar refractivity (Wildman–Crippen MR) is 74.9 cm³/mol. The van der Waals surface area contributed by atoms with Gasteiger partial charge in [0.15, 0.2) is 0 Å². The standard InChI is InChI=1S/C14H29N3O/c1-12(2)14(10-15-13-4-9-18-11-13)17-7-5-16(3)6-8-17/h12-15H,4-11H2,1-3H3. The van der Waals surface area contributed by atoms with Crippen molar-refractivity contribution in [3.63, 3.8) is 0 Å². The summed E-state index contributed by atoms with van der Waals surface area (Å²) >= 11 is 0. The number of nitrogens with zero attached hydrogens (tertiary/aromatic N) is 2. The number of piperazine rings is 1. The number of nitrogens with one attached hydrogen (secondary N) is 1. The summed E-state index contributed by atoms with van der Waals surface area (Å²) in [5.41, 5.74) is 0. The van der Waals surface area contributed by atoms with Gasteiger partial charge in [0.1, 0.15) is 0 Å². The van der Waals surface area contributed by atoms with E-state index in [0.29, 0.717) is 18.0 Å². The molecule has 0 radical (unpaired) electrons. The largest absolute Gasteiger partial charge is 0.380 e. The third kappa shape index (κ3) is 3.92. The lowest BCUT2D eigenvalue weighted by Crippen LogP contribution is -2.54. The van der Waals surface area contributed by atoms with Crippen LogP contribution in [0.15, 0.2) is 0 Å². The average Bonchev–Trinajstić information content (AvgIpc) is 2.84. The van der Waals surface area contributed by atoms with E-state index in [-0.39, 0.29) is 0 Å². The normalized spacial score (nSPS) is 29.0. The summed E-state index contributed by atoms with van der Waals surface area (Å²) in [5, 5.41) is 3.69. The van der Waals surface area contributed by atoms with E-state index >= 15 is 0 Å². The van der Waals surface area contributed by atoms with Crippen LogP contribution in [0, 0.1) is 5.92 Å². The summed E-state index contributed by atoms with van der Waals surface area (Å²) in [6.07, 6.45) is 1.17. The first-order chi connectivity index (χ1) is 8.66. The number of ether oxygens (including phenoxy) is 1. The van der Waals surface area contributed by atoms with Crippen LogP contribution in [0.4, 0.5) is 0 Å². The van der Waals surface area contributed by atoms with Gasteiger partial charge in [0.05, 0.1) is 6.61 Å². The molecule has 0 aromatic heterocycles. The van der Waals surface area contributed by atoms with Crippen LogP contribution in [0.1, 0.15) is 20.3 Å². The summed E-state index contributed by atoms with van der Waals surface area (Å²) < 4.78 is 5.43. The zero-order valence-electron chi connectivity index (χ0n) is 12.2. The molecule has 18 heavy (non-hydrogen) atoms. The van der Waals surface area contributed by atoms with Crippen LogP contribution in [0.3, 0.4) is 0 Å². The highest BCUT2D eigenvalue weighted by atomic mass is 16.5. The summed E-state index contributed by atoms with van der Waals surface area (Å²) in [5.74, 6) is 0.711. The molecule has 2 unspecified atom stereocenters. The minimum absolute atomic E-state index is 0.582. The van der Waals surface area contributed by atoms with Crippen LogP contribution in [0.25, 0.3) is 0 Å². The van der Waals surface area contributed by atoms with Gasteiger partial charge in [-0.25, -0.2) is 0 Å². The van der Waals surface area contributed by atoms with Gasteiger partial charge in [-0.15, -0.1) is 0 Å². The smallest absolute Gasteiger partial charge is 0.0620 e. The highest BCUT2D eigenvalue weighted by molar-refractivity contribution is 4.83. The molecular weight excluding hydrogens is 226 g/mol. The SMILES string of the molecule is CC(C)C(CNC1CCOC1)N1CCN(C)CC1. The van der Waals surface area contributed by atoms with E-state index in [2.05, 4.69) is 36.0 Å². The van der Waals surface area contributed by atoms with Gasteiger partial charge in [0.25, 0.3) is 0 Å². The Hall–Kier alpha value is -0.160. The van der Waals surface area contributed by atoms with Gasteiger partial charge in [-0.2, -0.15) is 0 Å². The maximum absolute atomic E-state index is 5.43. The van der Waals surface area contributed by atoms with Crippen molar-refractivity contribution < 1.29 is 4.74 Å². The summed E-state index contributed by atoms with van der Waals surface area (Å²) in [4.78, 5) is 5.08. The molecule has 106 valence electrons. The third-order valence-corrected chi connectivity index (χ3v) is 4.32. The van der Waals surface area contributed by atoms with E-state index in [9.17, 15) is 0 Å². The van der Waals surface area contributed by atoms with Gasteiger partial charge < -0.3 is 15.0 Å². The Morgan fingerprint density at radius 3 is 2.50 bits per heavy atom. The molecule has 2 aliphatic rings. The lowest BCUT2D eigenvalue weighted by atomic mass is 10.0. The topological polar surface area (TPSA) is 27.7 Å². The number of hydrogen-bond acceptors (Lipinski definition) is 4. The van der Waals surface area contributed by atoms with Gasteiger partial charge in [-0.3, -0.25) is 4.90 Å². The number of hydrogen-bond donors (Lipinski definition) is 1. The molecule has 2 fully saturated rings. The zero-order valence-corrected chi connectivity index (χ0v) is 12.2. The highest BCUT2D eigenvalue weighted by Gasteiger charge is 2.26.